The highest BCUT2D eigenvalue weighted by molar-refractivity contribution is 5.60. The molecule has 0 radical (unpaired) electrons. The number of alkyl halides is 3. The Hall–Kier alpha value is -1.85. The van der Waals surface area contributed by atoms with Crippen LogP contribution in [0.15, 0.2) is 24.8 Å². The largest absolute Gasteiger partial charge is 0.416 e. The van der Waals surface area contributed by atoms with Crippen molar-refractivity contribution in [3.05, 3.63) is 46.0 Å². The van der Waals surface area contributed by atoms with E-state index in [1.54, 1.807) is 0 Å². The fraction of sp³-hybridized carbons (Fsp3) is 0.111. The molecule has 0 aliphatic rings. The maximum absolute atomic E-state index is 12.2. The Morgan fingerprint density at radius 1 is 1.40 bits per heavy atom. The number of hydrogen-bond acceptors (Lipinski definition) is 2. The van der Waals surface area contributed by atoms with Crippen molar-refractivity contribution in [1.29, 1.82) is 0 Å². The van der Waals surface area contributed by atoms with Gasteiger partial charge in [-0.3, -0.25) is 10.1 Å². The molecule has 0 bridgehead atoms. The topological polar surface area (TPSA) is 43.1 Å². The van der Waals surface area contributed by atoms with E-state index in [-0.39, 0.29) is 5.56 Å². The molecule has 15 heavy (non-hydrogen) atoms. The average molecular weight is 217 g/mol. The van der Waals surface area contributed by atoms with E-state index in [2.05, 4.69) is 6.58 Å². The summed E-state index contributed by atoms with van der Waals surface area (Å²) in [6.45, 7) is 3.28. The summed E-state index contributed by atoms with van der Waals surface area (Å²) in [4.78, 5) is 9.58. The van der Waals surface area contributed by atoms with E-state index in [0.717, 1.165) is 18.2 Å². The van der Waals surface area contributed by atoms with E-state index in [0.29, 0.717) is 6.07 Å². The van der Waals surface area contributed by atoms with E-state index < -0.39 is 22.4 Å². The minimum atomic E-state index is -4.58. The molecule has 0 saturated heterocycles. The van der Waals surface area contributed by atoms with Crippen molar-refractivity contribution >= 4 is 11.8 Å². The van der Waals surface area contributed by atoms with Gasteiger partial charge in [0.2, 0.25) is 0 Å². The normalized spacial score (nSPS) is 11.1. The van der Waals surface area contributed by atoms with E-state index in [1.165, 1.54) is 0 Å². The predicted molar refractivity (Wildman–Crippen MR) is 48.2 cm³/mol. The van der Waals surface area contributed by atoms with Crippen LogP contribution in [0.3, 0.4) is 0 Å². The van der Waals surface area contributed by atoms with Gasteiger partial charge < -0.3 is 0 Å². The SMILES string of the molecule is C=Cc1ccc(C(F)(F)F)cc1[N+](=O)[O-]. The van der Waals surface area contributed by atoms with Crippen molar-refractivity contribution in [2.75, 3.05) is 0 Å². The molecule has 0 aliphatic heterocycles. The van der Waals surface area contributed by atoms with Crippen molar-refractivity contribution in [2.45, 2.75) is 6.18 Å². The van der Waals surface area contributed by atoms with Crippen molar-refractivity contribution in [2.24, 2.45) is 0 Å². The maximum atomic E-state index is 12.2. The molecule has 0 aliphatic carbocycles. The first-order valence-electron chi connectivity index (χ1n) is 3.84. The van der Waals surface area contributed by atoms with Crippen LogP contribution in [0.5, 0.6) is 0 Å². The lowest BCUT2D eigenvalue weighted by molar-refractivity contribution is -0.385. The van der Waals surface area contributed by atoms with Crippen molar-refractivity contribution in [3.8, 4) is 0 Å². The fourth-order valence-corrected chi connectivity index (χ4v) is 1.05. The number of nitro benzene ring substituents is 1. The van der Waals surface area contributed by atoms with Gasteiger partial charge in [-0.2, -0.15) is 13.2 Å². The van der Waals surface area contributed by atoms with Gasteiger partial charge in [0, 0.05) is 6.07 Å². The standard InChI is InChI=1S/C9H6F3NO2/c1-2-6-3-4-7(9(10,11)12)5-8(6)13(14)15/h2-5H,1H2. The second-order valence-corrected chi connectivity index (χ2v) is 2.73. The van der Waals surface area contributed by atoms with Crippen LogP contribution in [-0.2, 0) is 6.18 Å². The number of nitro groups is 1. The summed E-state index contributed by atoms with van der Waals surface area (Å²) < 4.78 is 36.7. The Balaban J connectivity index is 3.35. The second kappa shape index (κ2) is 3.72. The number of benzene rings is 1. The Morgan fingerprint density at radius 3 is 2.40 bits per heavy atom. The Morgan fingerprint density at radius 2 is 2.00 bits per heavy atom. The van der Waals surface area contributed by atoms with Crippen LogP contribution in [0.25, 0.3) is 6.08 Å². The molecule has 0 spiro atoms. The van der Waals surface area contributed by atoms with E-state index in [1.807, 2.05) is 0 Å². The molecule has 0 unspecified atom stereocenters. The summed E-state index contributed by atoms with van der Waals surface area (Å²) in [5, 5.41) is 10.5. The number of rotatable bonds is 2. The zero-order valence-corrected chi connectivity index (χ0v) is 7.41. The Kier molecular flexibility index (Phi) is 2.78. The van der Waals surface area contributed by atoms with Crippen LogP contribution >= 0.6 is 0 Å². The van der Waals surface area contributed by atoms with Crippen LogP contribution in [-0.4, -0.2) is 4.92 Å². The molecular formula is C9H6F3NO2. The van der Waals surface area contributed by atoms with Crippen molar-refractivity contribution in [3.63, 3.8) is 0 Å². The third kappa shape index (κ3) is 2.34. The molecule has 0 atom stereocenters. The van der Waals surface area contributed by atoms with Gasteiger partial charge in [-0.25, -0.2) is 0 Å². The molecule has 3 nitrogen and oxygen atoms in total. The zero-order chi connectivity index (χ0) is 11.6. The lowest BCUT2D eigenvalue weighted by Gasteiger charge is -2.06. The first-order valence-corrected chi connectivity index (χ1v) is 3.84. The van der Waals surface area contributed by atoms with Gasteiger partial charge >= 0.3 is 6.18 Å². The molecule has 0 heterocycles. The van der Waals surface area contributed by atoms with Crippen LogP contribution in [0.4, 0.5) is 18.9 Å². The van der Waals surface area contributed by atoms with Crippen molar-refractivity contribution in [1.82, 2.24) is 0 Å². The molecule has 1 aromatic carbocycles. The monoisotopic (exact) mass is 217 g/mol. The highest BCUT2D eigenvalue weighted by Gasteiger charge is 2.32. The van der Waals surface area contributed by atoms with Gasteiger partial charge in [-0.05, 0) is 12.1 Å². The molecule has 0 aromatic heterocycles. The quantitative estimate of drug-likeness (QED) is 0.563. The summed E-state index contributed by atoms with van der Waals surface area (Å²) in [6.07, 6.45) is -3.44. The summed E-state index contributed by atoms with van der Waals surface area (Å²) in [7, 11) is 0. The molecule has 0 N–H and O–H groups in total. The summed E-state index contributed by atoms with van der Waals surface area (Å²) in [5.41, 5.74) is -1.58. The highest BCUT2D eigenvalue weighted by atomic mass is 19.4. The maximum Gasteiger partial charge on any atom is 0.416 e. The molecule has 0 fully saturated rings. The summed E-state index contributed by atoms with van der Waals surface area (Å²) in [5.74, 6) is 0. The Labute approximate surface area is 83.0 Å². The third-order valence-corrected chi connectivity index (χ3v) is 1.77. The minimum Gasteiger partial charge on any atom is -0.258 e. The Bertz CT molecular complexity index is 412. The molecule has 80 valence electrons. The number of halogens is 3. The lowest BCUT2D eigenvalue weighted by atomic mass is 10.1. The average Bonchev–Trinajstić information content (AvgIpc) is 2.15. The lowest BCUT2D eigenvalue weighted by Crippen LogP contribution is -2.06. The van der Waals surface area contributed by atoms with Gasteiger partial charge in [-0.1, -0.05) is 12.7 Å². The number of hydrogen-bond donors (Lipinski definition) is 0. The molecular weight excluding hydrogens is 211 g/mol. The number of nitrogens with zero attached hydrogens (tertiary/aromatic N) is 1. The molecule has 1 rings (SSSR count). The minimum absolute atomic E-state index is 0.0630. The molecule has 0 amide bonds. The second-order valence-electron chi connectivity index (χ2n) is 2.73. The van der Waals surface area contributed by atoms with Crippen LogP contribution in [0.1, 0.15) is 11.1 Å². The van der Waals surface area contributed by atoms with Crippen molar-refractivity contribution < 1.29 is 18.1 Å². The molecule has 1 aromatic rings. The summed E-state index contributed by atoms with van der Waals surface area (Å²) in [6, 6.07) is 2.30. The van der Waals surface area contributed by atoms with Gasteiger partial charge in [0.1, 0.15) is 0 Å². The van der Waals surface area contributed by atoms with Gasteiger partial charge in [0.25, 0.3) is 5.69 Å². The molecule has 0 saturated carbocycles. The van der Waals surface area contributed by atoms with Crippen LogP contribution in [0.2, 0.25) is 0 Å². The van der Waals surface area contributed by atoms with Gasteiger partial charge in [-0.15, -0.1) is 0 Å². The third-order valence-electron chi connectivity index (χ3n) is 1.77. The summed E-state index contributed by atoms with van der Waals surface area (Å²) >= 11 is 0. The van der Waals surface area contributed by atoms with Crippen LogP contribution in [0, 0.1) is 10.1 Å². The van der Waals surface area contributed by atoms with Gasteiger partial charge in [0.15, 0.2) is 0 Å². The first kappa shape index (κ1) is 11.2. The van der Waals surface area contributed by atoms with Crippen LogP contribution < -0.4 is 0 Å². The molecule has 6 heteroatoms. The first-order chi connectivity index (χ1) is 6.86. The fourth-order valence-electron chi connectivity index (χ4n) is 1.05. The van der Waals surface area contributed by atoms with E-state index in [9.17, 15) is 23.3 Å². The smallest absolute Gasteiger partial charge is 0.258 e. The highest BCUT2D eigenvalue weighted by Crippen LogP contribution is 2.33. The predicted octanol–water partition coefficient (Wildman–Crippen LogP) is 3.26. The van der Waals surface area contributed by atoms with E-state index >= 15 is 0 Å². The van der Waals surface area contributed by atoms with Gasteiger partial charge in [0.05, 0.1) is 16.1 Å². The zero-order valence-electron chi connectivity index (χ0n) is 7.41. The van der Waals surface area contributed by atoms with E-state index in [4.69, 9.17) is 0 Å².